The SMILES string of the molecule is C=CCOc1cccc(NC(=O)CN(c2ccc(C)c(Cl)c2)S(=O)(=O)c2ccccc2)c1. The molecule has 0 aromatic heterocycles. The smallest absolute Gasteiger partial charge is 0.264 e. The number of nitrogens with one attached hydrogen (secondary N) is 1. The number of aryl methyl sites for hydroxylation is 1. The number of rotatable bonds is 9. The molecular weight excluding hydrogens is 448 g/mol. The fourth-order valence-corrected chi connectivity index (χ4v) is 4.53. The largest absolute Gasteiger partial charge is 0.489 e. The fraction of sp³-hybridized carbons (Fsp3) is 0.125. The second-order valence-electron chi connectivity index (χ2n) is 6.93. The number of sulfonamides is 1. The first-order chi connectivity index (χ1) is 15.3. The van der Waals surface area contributed by atoms with Gasteiger partial charge >= 0.3 is 0 Å². The Morgan fingerprint density at radius 3 is 2.53 bits per heavy atom. The second kappa shape index (κ2) is 10.3. The number of nitrogens with zero attached hydrogens (tertiary/aromatic N) is 1. The predicted molar refractivity (Wildman–Crippen MR) is 128 cm³/mol. The fourth-order valence-electron chi connectivity index (χ4n) is 2.92. The molecule has 166 valence electrons. The van der Waals surface area contributed by atoms with Gasteiger partial charge in [0.15, 0.2) is 0 Å². The van der Waals surface area contributed by atoms with Crippen molar-refractivity contribution >= 4 is 38.9 Å². The van der Waals surface area contributed by atoms with E-state index in [4.69, 9.17) is 16.3 Å². The van der Waals surface area contributed by atoms with Crippen LogP contribution in [-0.4, -0.2) is 27.5 Å². The van der Waals surface area contributed by atoms with Crippen molar-refractivity contribution in [1.29, 1.82) is 0 Å². The maximum atomic E-state index is 13.4. The molecule has 0 aliphatic rings. The van der Waals surface area contributed by atoms with Crippen LogP contribution in [0.25, 0.3) is 0 Å². The summed E-state index contributed by atoms with van der Waals surface area (Å²) >= 11 is 6.24. The standard InChI is InChI=1S/C24H23ClN2O4S/c1-3-14-31-21-9-7-8-19(15-21)26-24(28)17-27(20-13-12-18(2)23(25)16-20)32(29,30)22-10-5-4-6-11-22/h3-13,15-16H,1,14,17H2,2H3,(H,26,28). The first-order valence-corrected chi connectivity index (χ1v) is 11.6. The lowest BCUT2D eigenvalue weighted by Crippen LogP contribution is -2.38. The van der Waals surface area contributed by atoms with E-state index in [-0.39, 0.29) is 4.90 Å². The first-order valence-electron chi connectivity index (χ1n) is 9.79. The molecule has 0 saturated carbocycles. The van der Waals surface area contributed by atoms with Crippen molar-refractivity contribution in [2.45, 2.75) is 11.8 Å². The Morgan fingerprint density at radius 1 is 1.09 bits per heavy atom. The van der Waals surface area contributed by atoms with Gasteiger partial charge in [0.25, 0.3) is 10.0 Å². The molecule has 8 heteroatoms. The van der Waals surface area contributed by atoms with Crippen molar-refractivity contribution in [3.05, 3.63) is 96.0 Å². The molecule has 3 aromatic carbocycles. The van der Waals surface area contributed by atoms with Crippen molar-refractivity contribution in [1.82, 2.24) is 0 Å². The van der Waals surface area contributed by atoms with Gasteiger partial charge in [0.2, 0.25) is 5.91 Å². The topological polar surface area (TPSA) is 75.7 Å². The van der Waals surface area contributed by atoms with Crippen LogP contribution in [-0.2, 0) is 14.8 Å². The van der Waals surface area contributed by atoms with Gasteiger partial charge in [-0.25, -0.2) is 8.42 Å². The summed E-state index contributed by atoms with van der Waals surface area (Å²) in [6.07, 6.45) is 1.62. The zero-order valence-corrected chi connectivity index (χ0v) is 19.1. The number of halogens is 1. The van der Waals surface area contributed by atoms with Gasteiger partial charge in [0.1, 0.15) is 18.9 Å². The molecule has 32 heavy (non-hydrogen) atoms. The second-order valence-corrected chi connectivity index (χ2v) is 9.20. The van der Waals surface area contributed by atoms with E-state index in [9.17, 15) is 13.2 Å². The highest BCUT2D eigenvalue weighted by Crippen LogP contribution is 2.28. The highest BCUT2D eigenvalue weighted by molar-refractivity contribution is 7.92. The Morgan fingerprint density at radius 2 is 1.84 bits per heavy atom. The number of carbonyl (C=O) groups excluding carboxylic acids is 1. The summed E-state index contributed by atoms with van der Waals surface area (Å²) in [4.78, 5) is 12.9. The Hall–Kier alpha value is -3.29. The summed E-state index contributed by atoms with van der Waals surface area (Å²) in [7, 11) is -4.01. The van der Waals surface area contributed by atoms with E-state index in [1.807, 2.05) is 6.92 Å². The molecule has 3 rings (SSSR count). The van der Waals surface area contributed by atoms with Crippen LogP contribution in [0.1, 0.15) is 5.56 Å². The number of carbonyl (C=O) groups is 1. The van der Waals surface area contributed by atoms with Crippen molar-refractivity contribution in [2.75, 3.05) is 22.8 Å². The average Bonchev–Trinajstić information content (AvgIpc) is 2.79. The minimum absolute atomic E-state index is 0.0734. The molecule has 0 fully saturated rings. The molecule has 0 bridgehead atoms. The lowest BCUT2D eigenvalue weighted by Gasteiger charge is -2.24. The van der Waals surface area contributed by atoms with E-state index in [1.165, 1.54) is 18.2 Å². The Bertz CT molecular complexity index is 1210. The third kappa shape index (κ3) is 5.69. The molecule has 0 saturated heterocycles. The number of amides is 1. The molecule has 0 atom stereocenters. The Kier molecular flexibility index (Phi) is 7.56. The number of benzene rings is 3. The molecule has 3 aromatic rings. The third-order valence-electron chi connectivity index (χ3n) is 4.55. The molecule has 0 radical (unpaired) electrons. The molecule has 0 unspecified atom stereocenters. The van der Waals surface area contributed by atoms with Crippen molar-refractivity contribution in [3.8, 4) is 5.75 Å². The van der Waals surface area contributed by atoms with Gasteiger partial charge in [-0.2, -0.15) is 0 Å². The van der Waals surface area contributed by atoms with Gasteiger partial charge in [0.05, 0.1) is 10.6 Å². The average molecular weight is 471 g/mol. The maximum Gasteiger partial charge on any atom is 0.264 e. The van der Waals surface area contributed by atoms with E-state index in [0.717, 1.165) is 9.87 Å². The summed E-state index contributed by atoms with van der Waals surface area (Å²) < 4.78 is 33.2. The van der Waals surface area contributed by atoms with Crippen molar-refractivity contribution in [2.24, 2.45) is 0 Å². The van der Waals surface area contributed by atoms with Gasteiger partial charge in [-0.1, -0.05) is 54.6 Å². The van der Waals surface area contributed by atoms with Crippen molar-refractivity contribution in [3.63, 3.8) is 0 Å². The summed E-state index contributed by atoms with van der Waals surface area (Å²) in [6.45, 7) is 5.31. The number of ether oxygens (including phenoxy) is 1. The molecule has 6 nitrogen and oxygen atoms in total. The summed E-state index contributed by atoms with van der Waals surface area (Å²) in [5, 5.41) is 3.13. The monoisotopic (exact) mass is 470 g/mol. The first kappa shape index (κ1) is 23.4. The van der Waals surface area contributed by atoms with E-state index >= 15 is 0 Å². The van der Waals surface area contributed by atoms with Gasteiger partial charge in [-0.05, 0) is 48.9 Å². The van der Waals surface area contributed by atoms with Gasteiger partial charge in [0, 0.05) is 16.8 Å². The van der Waals surface area contributed by atoms with E-state index < -0.39 is 22.5 Å². The molecule has 0 aliphatic carbocycles. The Balaban J connectivity index is 1.90. The zero-order chi connectivity index (χ0) is 23.1. The number of hydrogen-bond acceptors (Lipinski definition) is 4. The van der Waals surface area contributed by atoms with Crippen LogP contribution in [0.15, 0.2) is 90.3 Å². The van der Waals surface area contributed by atoms with E-state index in [0.29, 0.717) is 28.8 Å². The lowest BCUT2D eigenvalue weighted by atomic mass is 10.2. The molecular formula is C24H23ClN2O4S. The Labute approximate surface area is 193 Å². The van der Waals surface area contributed by atoms with Crippen LogP contribution in [0, 0.1) is 6.92 Å². The maximum absolute atomic E-state index is 13.4. The normalized spacial score (nSPS) is 10.9. The summed E-state index contributed by atoms with van der Waals surface area (Å²) in [6, 6.07) is 19.6. The summed E-state index contributed by atoms with van der Waals surface area (Å²) in [5.41, 5.74) is 1.58. The predicted octanol–water partition coefficient (Wildman–Crippen LogP) is 5.05. The van der Waals surface area contributed by atoms with Crippen LogP contribution >= 0.6 is 11.6 Å². The van der Waals surface area contributed by atoms with Crippen LogP contribution < -0.4 is 14.4 Å². The van der Waals surface area contributed by atoms with E-state index in [1.54, 1.807) is 60.7 Å². The van der Waals surface area contributed by atoms with Crippen LogP contribution in [0.4, 0.5) is 11.4 Å². The molecule has 1 amide bonds. The third-order valence-corrected chi connectivity index (χ3v) is 6.74. The van der Waals surface area contributed by atoms with Crippen LogP contribution in [0.3, 0.4) is 0 Å². The highest BCUT2D eigenvalue weighted by Gasteiger charge is 2.27. The number of hydrogen-bond donors (Lipinski definition) is 1. The molecule has 1 N–H and O–H groups in total. The number of anilines is 2. The highest BCUT2D eigenvalue weighted by atomic mass is 35.5. The quantitative estimate of drug-likeness (QED) is 0.444. The minimum atomic E-state index is -4.01. The zero-order valence-electron chi connectivity index (χ0n) is 17.5. The van der Waals surface area contributed by atoms with Crippen LogP contribution in [0.5, 0.6) is 5.75 Å². The molecule has 0 heterocycles. The van der Waals surface area contributed by atoms with Gasteiger partial charge in [-0.3, -0.25) is 9.10 Å². The minimum Gasteiger partial charge on any atom is -0.489 e. The van der Waals surface area contributed by atoms with Crippen molar-refractivity contribution < 1.29 is 17.9 Å². The van der Waals surface area contributed by atoms with E-state index in [2.05, 4.69) is 11.9 Å². The molecule has 0 spiro atoms. The lowest BCUT2D eigenvalue weighted by molar-refractivity contribution is -0.114. The van der Waals surface area contributed by atoms with Gasteiger partial charge in [-0.15, -0.1) is 0 Å². The van der Waals surface area contributed by atoms with Gasteiger partial charge < -0.3 is 10.1 Å². The summed E-state index contributed by atoms with van der Waals surface area (Å²) in [5.74, 6) is 0.0452. The van der Waals surface area contributed by atoms with Crippen LogP contribution in [0.2, 0.25) is 5.02 Å². The molecule has 0 aliphatic heterocycles.